The number of aliphatic carboxylic acids is 3. The van der Waals surface area contributed by atoms with Gasteiger partial charge in [0.05, 0.1) is 6.54 Å². The van der Waals surface area contributed by atoms with Gasteiger partial charge in [0.25, 0.3) is 0 Å². The Kier molecular flexibility index (Phi) is 14.9. The average molecular weight is 443 g/mol. The summed E-state index contributed by atoms with van der Waals surface area (Å²) in [6, 6.07) is -3.36. The van der Waals surface area contributed by atoms with Crippen molar-refractivity contribution in [3.8, 4) is 0 Å². The van der Waals surface area contributed by atoms with Gasteiger partial charge in [-0.25, -0.2) is 14.4 Å². The van der Waals surface area contributed by atoms with Crippen LogP contribution in [0.5, 0.6) is 0 Å². The number of quaternary nitrogens is 1. The van der Waals surface area contributed by atoms with Crippen molar-refractivity contribution in [2.45, 2.75) is 116 Å². The third kappa shape index (κ3) is 9.85. The van der Waals surface area contributed by atoms with E-state index < -0.39 is 40.5 Å². The normalized spacial score (nSPS) is 16.5. The predicted octanol–water partition coefficient (Wildman–Crippen LogP) is 5.09. The summed E-state index contributed by atoms with van der Waals surface area (Å²) in [4.78, 5) is 35.2. The second kappa shape index (κ2) is 15.8. The molecular formula is C24H44NO6+. The van der Waals surface area contributed by atoms with Crippen LogP contribution in [0.2, 0.25) is 0 Å². The van der Waals surface area contributed by atoms with Crippen molar-refractivity contribution in [3.63, 3.8) is 0 Å². The molecule has 0 aromatic heterocycles. The molecule has 180 valence electrons. The highest BCUT2D eigenvalue weighted by atomic mass is 16.4. The third-order valence-electron chi connectivity index (χ3n) is 6.64. The maximum absolute atomic E-state index is 11.7. The minimum absolute atomic E-state index is 0.223. The molecule has 31 heavy (non-hydrogen) atoms. The maximum Gasteiger partial charge on any atom is 0.362 e. The van der Waals surface area contributed by atoms with Gasteiger partial charge >= 0.3 is 17.9 Å². The zero-order valence-corrected chi connectivity index (χ0v) is 19.9. The van der Waals surface area contributed by atoms with E-state index in [-0.39, 0.29) is 6.54 Å². The van der Waals surface area contributed by atoms with Crippen LogP contribution in [0.3, 0.4) is 0 Å². The first-order valence-electron chi connectivity index (χ1n) is 11.8. The van der Waals surface area contributed by atoms with Crippen LogP contribution in [-0.2, 0) is 14.4 Å². The first-order chi connectivity index (χ1) is 14.6. The second-order valence-corrected chi connectivity index (χ2v) is 8.65. The summed E-state index contributed by atoms with van der Waals surface area (Å²) < 4.78 is -0.479. The van der Waals surface area contributed by atoms with Gasteiger partial charge in [-0.2, -0.15) is 0 Å². The van der Waals surface area contributed by atoms with E-state index in [0.29, 0.717) is 6.42 Å². The van der Waals surface area contributed by atoms with E-state index in [9.17, 15) is 29.7 Å². The van der Waals surface area contributed by atoms with Gasteiger partial charge in [-0.3, -0.25) is 4.48 Å². The molecule has 0 radical (unpaired) electrons. The van der Waals surface area contributed by atoms with E-state index in [4.69, 9.17) is 0 Å². The van der Waals surface area contributed by atoms with Gasteiger partial charge in [-0.05, 0) is 53.4 Å². The van der Waals surface area contributed by atoms with E-state index in [1.807, 2.05) is 6.92 Å². The van der Waals surface area contributed by atoms with Gasteiger partial charge in [0.2, 0.25) is 0 Å². The molecular weight excluding hydrogens is 398 g/mol. The number of unbranched alkanes of at least 4 members (excludes halogenated alkanes) is 10. The van der Waals surface area contributed by atoms with E-state index in [1.54, 1.807) is 0 Å². The van der Waals surface area contributed by atoms with Crippen LogP contribution in [0.15, 0.2) is 12.2 Å². The first-order valence-corrected chi connectivity index (χ1v) is 11.8. The highest BCUT2D eigenvalue weighted by Gasteiger charge is 2.52. The Labute approximate surface area is 187 Å². The number of carboxylic acids is 3. The Balaban J connectivity index is 4.57. The summed E-state index contributed by atoms with van der Waals surface area (Å²) in [5.74, 6) is -3.52. The molecule has 0 rings (SSSR count). The molecule has 0 heterocycles. The SMILES string of the molecule is C/C=C/CCCCCCCCCCCC[N+](C(C)C(=O)O)(C(C)C(=O)O)C(C)C(=O)O. The van der Waals surface area contributed by atoms with Crippen LogP contribution in [0.4, 0.5) is 0 Å². The molecule has 0 spiro atoms. The zero-order valence-electron chi connectivity index (χ0n) is 19.9. The summed E-state index contributed by atoms with van der Waals surface area (Å²) >= 11 is 0. The number of hydrogen-bond donors (Lipinski definition) is 3. The van der Waals surface area contributed by atoms with Crippen molar-refractivity contribution in [1.29, 1.82) is 0 Å². The Morgan fingerprint density at radius 1 is 0.645 bits per heavy atom. The van der Waals surface area contributed by atoms with Gasteiger partial charge in [-0.1, -0.05) is 57.1 Å². The molecule has 0 aromatic carbocycles. The van der Waals surface area contributed by atoms with E-state index in [1.165, 1.54) is 52.9 Å². The summed E-state index contributed by atoms with van der Waals surface area (Å²) in [6.45, 7) is 6.52. The topological polar surface area (TPSA) is 112 Å². The maximum atomic E-state index is 11.7. The number of carboxylic acid groups (broad SMARTS) is 3. The van der Waals surface area contributed by atoms with Crippen LogP contribution < -0.4 is 0 Å². The van der Waals surface area contributed by atoms with E-state index >= 15 is 0 Å². The Morgan fingerprint density at radius 3 is 1.29 bits per heavy atom. The molecule has 0 aliphatic heterocycles. The first kappa shape index (κ1) is 29.1. The fourth-order valence-electron chi connectivity index (χ4n) is 4.43. The molecule has 0 amide bonds. The molecule has 0 saturated carbocycles. The number of allylic oxidation sites excluding steroid dienone is 2. The number of carbonyl (C=O) groups is 3. The lowest BCUT2D eigenvalue weighted by Crippen LogP contribution is -2.70. The molecule has 0 fully saturated rings. The lowest BCUT2D eigenvalue weighted by Gasteiger charge is -2.47. The number of rotatable bonds is 19. The van der Waals surface area contributed by atoms with Gasteiger partial charge < -0.3 is 15.3 Å². The van der Waals surface area contributed by atoms with Gasteiger partial charge in [0.15, 0.2) is 18.1 Å². The average Bonchev–Trinajstić information content (AvgIpc) is 2.72. The van der Waals surface area contributed by atoms with Crippen LogP contribution >= 0.6 is 0 Å². The smallest absolute Gasteiger partial charge is 0.362 e. The number of hydrogen-bond acceptors (Lipinski definition) is 3. The zero-order chi connectivity index (χ0) is 23.9. The highest BCUT2D eigenvalue weighted by Crippen LogP contribution is 2.27. The lowest BCUT2D eigenvalue weighted by atomic mass is 10.00. The van der Waals surface area contributed by atoms with Crippen molar-refractivity contribution in [2.75, 3.05) is 6.54 Å². The van der Waals surface area contributed by atoms with Crippen molar-refractivity contribution in [2.24, 2.45) is 0 Å². The molecule has 0 aliphatic carbocycles. The monoisotopic (exact) mass is 442 g/mol. The van der Waals surface area contributed by atoms with Crippen LogP contribution in [0, 0.1) is 0 Å². The molecule has 0 bridgehead atoms. The molecule has 0 aliphatic rings. The highest BCUT2D eigenvalue weighted by molar-refractivity contribution is 5.77. The Hall–Kier alpha value is -1.89. The van der Waals surface area contributed by atoms with E-state index in [0.717, 1.165) is 32.1 Å². The summed E-state index contributed by atoms with van der Waals surface area (Å²) in [5, 5.41) is 28.7. The Morgan fingerprint density at radius 2 is 0.968 bits per heavy atom. The van der Waals surface area contributed by atoms with Crippen molar-refractivity contribution in [1.82, 2.24) is 0 Å². The van der Waals surface area contributed by atoms with Crippen LogP contribution in [-0.4, -0.2) is 62.4 Å². The molecule has 7 nitrogen and oxygen atoms in total. The fraction of sp³-hybridized carbons (Fsp3) is 0.792. The van der Waals surface area contributed by atoms with Crippen LogP contribution in [0.25, 0.3) is 0 Å². The summed E-state index contributed by atoms with van der Waals surface area (Å²) in [7, 11) is 0. The largest absolute Gasteiger partial charge is 0.477 e. The van der Waals surface area contributed by atoms with E-state index in [2.05, 4.69) is 12.2 Å². The Bertz CT molecular complexity index is 524. The van der Waals surface area contributed by atoms with Crippen molar-refractivity contribution in [3.05, 3.63) is 12.2 Å². The molecule has 3 N–H and O–H groups in total. The quantitative estimate of drug-likeness (QED) is 0.146. The van der Waals surface area contributed by atoms with Gasteiger partial charge in [0, 0.05) is 0 Å². The minimum Gasteiger partial charge on any atom is -0.477 e. The standard InChI is InChI=1S/C24H43NO6/c1-5-6-7-8-9-10-11-12-13-14-15-16-17-18-25(19(2)22(26)27,20(3)23(28)29)21(4)24(30)31/h5-6,19-21H,7-18H2,1-4H3,(H2-,26,27,28,29,30,31)/p+1/b6-5+. The van der Waals surface area contributed by atoms with Gasteiger partial charge in [-0.15, -0.1) is 0 Å². The summed E-state index contributed by atoms with van der Waals surface area (Å²) in [6.07, 6.45) is 16.4. The predicted molar refractivity (Wildman–Crippen MR) is 122 cm³/mol. The molecule has 0 aromatic rings. The third-order valence-corrected chi connectivity index (χ3v) is 6.64. The van der Waals surface area contributed by atoms with Crippen molar-refractivity contribution >= 4 is 17.9 Å². The van der Waals surface area contributed by atoms with Crippen molar-refractivity contribution < 1.29 is 34.2 Å². The molecule has 7 heteroatoms. The molecule has 3 atom stereocenters. The lowest BCUT2D eigenvalue weighted by molar-refractivity contribution is -0.968. The fourth-order valence-corrected chi connectivity index (χ4v) is 4.43. The molecule has 3 unspecified atom stereocenters. The second-order valence-electron chi connectivity index (χ2n) is 8.65. The minimum atomic E-state index is -1.17. The van der Waals surface area contributed by atoms with Gasteiger partial charge in [0.1, 0.15) is 0 Å². The van der Waals surface area contributed by atoms with Crippen LogP contribution in [0.1, 0.15) is 98.3 Å². The molecule has 0 saturated heterocycles. The summed E-state index contributed by atoms with van der Waals surface area (Å²) in [5.41, 5.74) is 0. The number of nitrogens with zero attached hydrogens (tertiary/aromatic N) is 1.